The second-order valence-electron chi connectivity index (χ2n) is 5.61. The number of nitrogens with zero attached hydrogens (tertiary/aromatic N) is 3. The summed E-state index contributed by atoms with van der Waals surface area (Å²) in [5.41, 5.74) is 2.51. The summed E-state index contributed by atoms with van der Waals surface area (Å²) in [7, 11) is 1.72. The van der Waals surface area contributed by atoms with Crippen LogP contribution in [-0.2, 0) is 9.53 Å². The molecule has 5 nitrogen and oxygen atoms in total. The van der Waals surface area contributed by atoms with Crippen LogP contribution >= 0.6 is 0 Å². The first kappa shape index (κ1) is 13.9. The fourth-order valence-electron chi connectivity index (χ4n) is 2.99. The number of amides is 1. The number of piperidine rings is 1. The average molecular weight is 287 g/mol. The molecule has 2 aliphatic rings. The molecule has 2 heterocycles. The molecule has 0 bridgehead atoms. The highest BCUT2D eigenvalue weighted by molar-refractivity contribution is 5.67. The Bertz CT molecular complexity index is 566. The van der Waals surface area contributed by atoms with Gasteiger partial charge in [0.25, 0.3) is 0 Å². The number of likely N-dealkylation sites (tertiary alicyclic amines) is 1. The lowest BCUT2D eigenvalue weighted by Crippen LogP contribution is -2.33. The third kappa shape index (κ3) is 3.01. The van der Waals surface area contributed by atoms with E-state index >= 15 is 0 Å². The monoisotopic (exact) mass is 287 g/mol. The Morgan fingerprint density at radius 2 is 2.10 bits per heavy atom. The lowest BCUT2D eigenvalue weighted by molar-refractivity contribution is -0.119. The van der Waals surface area contributed by atoms with E-state index in [4.69, 9.17) is 4.74 Å². The number of allylic oxidation sites excluding steroid dienone is 4. The minimum absolute atomic E-state index is 0.407. The predicted octanol–water partition coefficient (Wildman–Crippen LogP) is 2.38. The van der Waals surface area contributed by atoms with Gasteiger partial charge in [-0.1, -0.05) is 6.08 Å². The molecular formula is C16H21N3O2. The number of ether oxygens (including phenoxy) is 1. The van der Waals surface area contributed by atoms with Crippen molar-refractivity contribution in [3.63, 3.8) is 0 Å². The van der Waals surface area contributed by atoms with E-state index in [1.165, 1.54) is 11.1 Å². The van der Waals surface area contributed by atoms with Crippen LogP contribution in [0.5, 0.6) is 0 Å². The highest BCUT2D eigenvalue weighted by atomic mass is 16.5. The molecule has 3 rings (SSSR count). The van der Waals surface area contributed by atoms with Gasteiger partial charge in [0.15, 0.2) is 0 Å². The van der Waals surface area contributed by atoms with Crippen molar-refractivity contribution in [3.05, 3.63) is 35.9 Å². The summed E-state index contributed by atoms with van der Waals surface area (Å²) in [6, 6.07) is 0.407. The smallest absolute Gasteiger partial charge is 0.209 e. The molecule has 0 aromatic carbocycles. The largest absolute Gasteiger partial charge is 0.501 e. The zero-order chi connectivity index (χ0) is 14.7. The van der Waals surface area contributed by atoms with Gasteiger partial charge in [-0.3, -0.25) is 9.48 Å². The Labute approximate surface area is 124 Å². The van der Waals surface area contributed by atoms with Gasteiger partial charge < -0.3 is 9.64 Å². The zero-order valence-corrected chi connectivity index (χ0v) is 12.4. The molecule has 1 aliphatic carbocycles. The van der Waals surface area contributed by atoms with Crippen LogP contribution in [0.15, 0.2) is 30.3 Å². The maximum absolute atomic E-state index is 10.7. The van der Waals surface area contributed by atoms with Crippen molar-refractivity contribution in [2.24, 2.45) is 0 Å². The molecular weight excluding hydrogens is 266 g/mol. The minimum atomic E-state index is 0.407. The van der Waals surface area contributed by atoms with Gasteiger partial charge in [-0.05, 0) is 30.9 Å². The lowest BCUT2D eigenvalue weighted by atomic mass is 9.99. The fraction of sp³-hybridized carbons (Fsp3) is 0.500. The molecule has 1 aromatic rings. The summed E-state index contributed by atoms with van der Waals surface area (Å²) in [4.78, 5) is 12.6. The average Bonchev–Trinajstić information content (AvgIpc) is 3.05. The van der Waals surface area contributed by atoms with Crippen LogP contribution in [0.3, 0.4) is 0 Å². The predicted molar refractivity (Wildman–Crippen MR) is 80.4 cm³/mol. The van der Waals surface area contributed by atoms with Gasteiger partial charge in [-0.2, -0.15) is 5.10 Å². The number of hydrogen-bond donors (Lipinski definition) is 0. The Kier molecular flexibility index (Phi) is 4.08. The normalized spacial score (nSPS) is 20.0. The van der Waals surface area contributed by atoms with Crippen LogP contribution in [-0.4, -0.2) is 41.3 Å². The third-order valence-electron chi connectivity index (χ3n) is 4.37. The van der Waals surface area contributed by atoms with Crippen LogP contribution in [0.4, 0.5) is 0 Å². The van der Waals surface area contributed by atoms with Crippen LogP contribution in [0.2, 0.25) is 0 Å². The summed E-state index contributed by atoms with van der Waals surface area (Å²) >= 11 is 0. The van der Waals surface area contributed by atoms with Crippen molar-refractivity contribution in [3.8, 4) is 0 Å². The van der Waals surface area contributed by atoms with Crippen molar-refractivity contribution in [1.82, 2.24) is 14.7 Å². The van der Waals surface area contributed by atoms with Crippen LogP contribution in [0.25, 0.3) is 5.57 Å². The van der Waals surface area contributed by atoms with Gasteiger partial charge in [0.1, 0.15) is 0 Å². The number of hydrogen-bond acceptors (Lipinski definition) is 3. The van der Waals surface area contributed by atoms with Gasteiger partial charge in [0.05, 0.1) is 25.1 Å². The summed E-state index contributed by atoms with van der Waals surface area (Å²) in [6.07, 6.45) is 13.1. The van der Waals surface area contributed by atoms with Crippen molar-refractivity contribution >= 4 is 12.0 Å². The molecule has 0 atom stereocenters. The van der Waals surface area contributed by atoms with Crippen LogP contribution in [0, 0.1) is 0 Å². The second-order valence-corrected chi connectivity index (χ2v) is 5.61. The van der Waals surface area contributed by atoms with E-state index in [-0.39, 0.29) is 0 Å². The quantitative estimate of drug-likeness (QED) is 0.799. The van der Waals surface area contributed by atoms with E-state index in [9.17, 15) is 4.79 Å². The molecule has 21 heavy (non-hydrogen) atoms. The molecule has 1 amide bonds. The minimum Gasteiger partial charge on any atom is -0.501 e. The van der Waals surface area contributed by atoms with Crippen molar-refractivity contribution in [1.29, 1.82) is 0 Å². The van der Waals surface area contributed by atoms with Gasteiger partial charge in [-0.25, -0.2) is 0 Å². The zero-order valence-electron chi connectivity index (χ0n) is 12.4. The lowest BCUT2D eigenvalue weighted by Gasteiger charge is -2.29. The summed E-state index contributed by atoms with van der Waals surface area (Å²) in [6.45, 7) is 1.65. The molecule has 1 aliphatic heterocycles. The van der Waals surface area contributed by atoms with Crippen LogP contribution < -0.4 is 0 Å². The highest BCUT2D eigenvalue weighted by Crippen LogP contribution is 2.28. The molecule has 0 radical (unpaired) electrons. The maximum atomic E-state index is 10.7. The number of carbonyl (C=O) groups excluding carboxylic acids is 1. The van der Waals surface area contributed by atoms with Crippen LogP contribution in [0.1, 0.15) is 37.3 Å². The van der Waals surface area contributed by atoms with Crippen molar-refractivity contribution in [2.75, 3.05) is 20.2 Å². The van der Waals surface area contributed by atoms with E-state index in [1.54, 1.807) is 7.11 Å². The SMILES string of the molecule is COC1=CC=C(c2cnn(C3CCN(C=O)CC3)c2)CC1. The van der Waals surface area contributed by atoms with Gasteiger partial charge in [0.2, 0.25) is 6.41 Å². The van der Waals surface area contributed by atoms with Gasteiger partial charge in [0, 0.05) is 31.3 Å². The molecule has 0 spiro atoms. The summed E-state index contributed by atoms with van der Waals surface area (Å²) < 4.78 is 7.32. The Balaban J connectivity index is 1.68. The van der Waals surface area contributed by atoms with Crippen molar-refractivity contribution in [2.45, 2.75) is 31.7 Å². The third-order valence-corrected chi connectivity index (χ3v) is 4.37. The van der Waals surface area contributed by atoms with Gasteiger partial charge in [-0.15, -0.1) is 0 Å². The molecule has 0 N–H and O–H groups in total. The molecule has 0 saturated carbocycles. The van der Waals surface area contributed by atoms with Gasteiger partial charge >= 0.3 is 0 Å². The topological polar surface area (TPSA) is 47.4 Å². The molecule has 112 valence electrons. The van der Waals surface area contributed by atoms with Crippen molar-refractivity contribution < 1.29 is 9.53 Å². The summed E-state index contributed by atoms with van der Waals surface area (Å²) in [5.74, 6) is 1.03. The van der Waals surface area contributed by atoms with E-state index in [0.29, 0.717) is 6.04 Å². The van der Waals surface area contributed by atoms with E-state index in [1.807, 2.05) is 17.2 Å². The van der Waals surface area contributed by atoms with E-state index in [0.717, 1.165) is 50.9 Å². The second kappa shape index (κ2) is 6.16. The molecule has 5 heteroatoms. The fourth-order valence-corrected chi connectivity index (χ4v) is 2.99. The van der Waals surface area contributed by atoms with E-state index < -0.39 is 0 Å². The standard InChI is InChI=1S/C16H21N3O2/c1-21-16-4-2-13(3-5-16)14-10-17-19(11-14)15-6-8-18(12-20)9-7-15/h2,4,10-12,15H,3,5-9H2,1H3. The Morgan fingerprint density at radius 1 is 1.29 bits per heavy atom. The number of carbonyl (C=O) groups is 1. The highest BCUT2D eigenvalue weighted by Gasteiger charge is 2.20. The molecule has 1 fully saturated rings. The molecule has 1 aromatic heterocycles. The first-order valence-corrected chi connectivity index (χ1v) is 7.47. The molecule has 0 unspecified atom stereocenters. The number of methoxy groups -OCH3 is 1. The first-order chi connectivity index (χ1) is 10.3. The Morgan fingerprint density at radius 3 is 2.71 bits per heavy atom. The first-order valence-electron chi connectivity index (χ1n) is 7.47. The Hall–Kier alpha value is -2.04. The number of rotatable bonds is 4. The van der Waals surface area contributed by atoms with E-state index in [2.05, 4.69) is 22.1 Å². The number of aromatic nitrogens is 2. The molecule has 1 saturated heterocycles. The maximum Gasteiger partial charge on any atom is 0.209 e. The summed E-state index contributed by atoms with van der Waals surface area (Å²) in [5, 5.41) is 4.52.